The number of carbonyl (C=O) groups excluding carboxylic acids is 2. The number of amides is 2. The van der Waals surface area contributed by atoms with Crippen molar-refractivity contribution < 1.29 is 19.1 Å². The summed E-state index contributed by atoms with van der Waals surface area (Å²) >= 11 is 3.44. The number of anilines is 2. The number of ether oxygens (including phenoxy) is 2. The molecule has 3 rings (SSSR count). The third-order valence-corrected chi connectivity index (χ3v) is 4.60. The number of nitrogens with one attached hydrogen (secondary N) is 2. The van der Waals surface area contributed by atoms with Crippen LogP contribution in [-0.4, -0.2) is 25.0 Å². The Morgan fingerprint density at radius 3 is 2.33 bits per heavy atom. The fourth-order valence-corrected chi connectivity index (χ4v) is 2.83. The Kier molecular flexibility index (Phi) is 5.41. The molecule has 2 amide bonds. The summed E-state index contributed by atoms with van der Waals surface area (Å²) in [6, 6.07) is 10.3. The Hall–Kier alpha value is -2.54. The molecule has 142 valence electrons. The SMILES string of the molecule is CC(C)(C)C(=O)Nc1cccc(C(=O)Nc2cc3c(cc2Br)OCCO3)c1. The summed E-state index contributed by atoms with van der Waals surface area (Å²) in [4.78, 5) is 24.8. The molecule has 27 heavy (non-hydrogen) atoms. The van der Waals surface area contributed by atoms with Crippen LogP contribution >= 0.6 is 15.9 Å². The maximum atomic E-state index is 12.7. The summed E-state index contributed by atoms with van der Waals surface area (Å²) in [6.07, 6.45) is 0. The van der Waals surface area contributed by atoms with E-state index < -0.39 is 5.41 Å². The number of rotatable bonds is 3. The standard InChI is InChI=1S/C20H21BrN2O4/c1-20(2,3)19(25)22-13-6-4-5-12(9-13)18(24)23-15-11-17-16(10-14(15)21)26-7-8-27-17/h4-6,9-11H,7-8H2,1-3H3,(H,22,25)(H,23,24). The minimum Gasteiger partial charge on any atom is -0.486 e. The Labute approximate surface area is 166 Å². The van der Waals surface area contributed by atoms with Crippen LogP contribution in [0.25, 0.3) is 0 Å². The van der Waals surface area contributed by atoms with Gasteiger partial charge in [0.25, 0.3) is 5.91 Å². The quantitative estimate of drug-likeness (QED) is 0.750. The summed E-state index contributed by atoms with van der Waals surface area (Å²) in [6.45, 7) is 6.46. The zero-order valence-corrected chi connectivity index (χ0v) is 17.0. The number of fused-ring (bicyclic) bond motifs is 1. The average molecular weight is 433 g/mol. The van der Waals surface area contributed by atoms with Gasteiger partial charge in [0.15, 0.2) is 11.5 Å². The number of halogens is 1. The number of benzene rings is 2. The Morgan fingerprint density at radius 2 is 1.67 bits per heavy atom. The molecular weight excluding hydrogens is 412 g/mol. The van der Waals surface area contributed by atoms with E-state index in [4.69, 9.17) is 9.47 Å². The molecule has 0 aromatic heterocycles. The Balaban J connectivity index is 1.77. The lowest BCUT2D eigenvalue weighted by Crippen LogP contribution is -2.27. The van der Waals surface area contributed by atoms with Gasteiger partial charge in [0.05, 0.1) is 5.69 Å². The van der Waals surface area contributed by atoms with Crippen LogP contribution in [0.5, 0.6) is 11.5 Å². The molecule has 0 radical (unpaired) electrons. The lowest BCUT2D eigenvalue weighted by atomic mass is 9.95. The molecule has 2 aromatic carbocycles. The van der Waals surface area contributed by atoms with Crippen molar-refractivity contribution >= 4 is 39.1 Å². The van der Waals surface area contributed by atoms with Gasteiger partial charge in [-0.2, -0.15) is 0 Å². The van der Waals surface area contributed by atoms with Gasteiger partial charge in [0.2, 0.25) is 5.91 Å². The summed E-state index contributed by atoms with van der Waals surface area (Å²) in [5.41, 5.74) is 1.06. The fourth-order valence-electron chi connectivity index (χ4n) is 2.41. The highest BCUT2D eigenvalue weighted by molar-refractivity contribution is 9.10. The van der Waals surface area contributed by atoms with Gasteiger partial charge in [0, 0.05) is 33.3 Å². The molecule has 2 N–H and O–H groups in total. The third-order valence-electron chi connectivity index (χ3n) is 3.94. The van der Waals surface area contributed by atoms with E-state index in [1.807, 2.05) is 20.8 Å². The summed E-state index contributed by atoms with van der Waals surface area (Å²) in [5.74, 6) is 0.817. The predicted molar refractivity (Wildman–Crippen MR) is 108 cm³/mol. The van der Waals surface area contributed by atoms with Crippen molar-refractivity contribution in [2.24, 2.45) is 5.41 Å². The van der Waals surface area contributed by atoms with Crippen LogP contribution < -0.4 is 20.1 Å². The van der Waals surface area contributed by atoms with Crippen LogP contribution in [0.4, 0.5) is 11.4 Å². The van der Waals surface area contributed by atoms with Gasteiger partial charge in [-0.25, -0.2) is 0 Å². The maximum Gasteiger partial charge on any atom is 0.255 e. The van der Waals surface area contributed by atoms with Gasteiger partial charge in [-0.3, -0.25) is 9.59 Å². The first-order valence-corrected chi connectivity index (χ1v) is 9.35. The zero-order chi connectivity index (χ0) is 19.6. The third kappa shape index (κ3) is 4.60. The molecule has 0 unspecified atom stereocenters. The van der Waals surface area contributed by atoms with Crippen molar-refractivity contribution in [1.82, 2.24) is 0 Å². The van der Waals surface area contributed by atoms with Crippen molar-refractivity contribution in [1.29, 1.82) is 0 Å². The highest BCUT2D eigenvalue weighted by Gasteiger charge is 2.21. The van der Waals surface area contributed by atoms with Crippen LogP contribution in [0.15, 0.2) is 40.9 Å². The highest BCUT2D eigenvalue weighted by Crippen LogP contribution is 2.38. The molecule has 6 nitrogen and oxygen atoms in total. The number of carbonyl (C=O) groups is 2. The first-order valence-electron chi connectivity index (χ1n) is 8.56. The van der Waals surface area contributed by atoms with Crippen LogP contribution in [0.1, 0.15) is 31.1 Å². The van der Waals surface area contributed by atoms with E-state index in [1.165, 1.54) is 0 Å². The van der Waals surface area contributed by atoms with Crippen molar-refractivity contribution in [2.75, 3.05) is 23.8 Å². The monoisotopic (exact) mass is 432 g/mol. The summed E-state index contributed by atoms with van der Waals surface area (Å²) in [5, 5.41) is 5.68. The Morgan fingerprint density at radius 1 is 1.00 bits per heavy atom. The second-order valence-corrected chi connectivity index (χ2v) is 8.07. The van der Waals surface area contributed by atoms with E-state index in [0.717, 1.165) is 0 Å². The van der Waals surface area contributed by atoms with Gasteiger partial charge in [-0.15, -0.1) is 0 Å². The summed E-state index contributed by atoms with van der Waals surface area (Å²) in [7, 11) is 0. The van der Waals surface area contributed by atoms with E-state index in [2.05, 4.69) is 26.6 Å². The molecule has 0 spiro atoms. The number of hydrogen-bond donors (Lipinski definition) is 2. The molecule has 0 saturated heterocycles. The molecule has 2 aromatic rings. The molecule has 1 heterocycles. The molecule has 0 aliphatic carbocycles. The Bertz CT molecular complexity index is 890. The minimum atomic E-state index is -0.520. The van der Waals surface area contributed by atoms with E-state index >= 15 is 0 Å². The van der Waals surface area contributed by atoms with Crippen LogP contribution in [0.3, 0.4) is 0 Å². The molecule has 0 saturated carbocycles. The molecular formula is C20H21BrN2O4. The molecule has 0 atom stereocenters. The van der Waals surface area contributed by atoms with E-state index in [1.54, 1.807) is 36.4 Å². The smallest absolute Gasteiger partial charge is 0.255 e. The van der Waals surface area contributed by atoms with Crippen LogP contribution in [0, 0.1) is 5.41 Å². The average Bonchev–Trinajstić information content (AvgIpc) is 2.61. The number of hydrogen-bond acceptors (Lipinski definition) is 4. The fraction of sp³-hybridized carbons (Fsp3) is 0.300. The largest absolute Gasteiger partial charge is 0.486 e. The molecule has 1 aliphatic rings. The topological polar surface area (TPSA) is 76.7 Å². The molecule has 7 heteroatoms. The van der Waals surface area contributed by atoms with Crippen molar-refractivity contribution in [3.05, 3.63) is 46.4 Å². The van der Waals surface area contributed by atoms with E-state index in [9.17, 15) is 9.59 Å². The predicted octanol–water partition coefficient (Wildman–Crippen LogP) is 4.46. The van der Waals surface area contributed by atoms with Gasteiger partial charge in [0.1, 0.15) is 13.2 Å². The molecule has 0 fully saturated rings. The minimum absolute atomic E-state index is 0.116. The summed E-state index contributed by atoms with van der Waals surface area (Å²) < 4.78 is 11.8. The van der Waals surface area contributed by atoms with Crippen LogP contribution in [-0.2, 0) is 4.79 Å². The zero-order valence-electron chi connectivity index (χ0n) is 15.4. The first kappa shape index (κ1) is 19.2. The van der Waals surface area contributed by atoms with Gasteiger partial charge in [-0.05, 0) is 34.1 Å². The first-order chi connectivity index (χ1) is 12.7. The second kappa shape index (κ2) is 7.60. The normalized spacial score (nSPS) is 13.0. The maximum absolute atomic E-state index is 12.7. The van der Waals surface area contributed by atoms with E-state index in [-0.39, 0.29) is 11.8 Å². The molecule has 1 aliphatic heterocycles. The highest BCUT2D eigenvalue weighted by atomic mass is 79.9. The van der Waals surface area contributed by atoms with Gasteiger partial charge >= 0.3 is 0 Å². The van der Waals surface area contributed by atoms with Gasteiger partial charge < -0.3 is 20.1 Å². The van der Waals surface area contributed by atoms with Crippen LogP contribution in [0.2, 0.25) is 0 Å². The van der Waals surface area contributed by atoms with Crippen molar-refractivity contribution in [3.63, 3.8) is 0 Å². The lowest BCUT2D eigenvalue weighted by Gasteiger charge is -2.20. The second-order valence-electron chi connectivity index (χ2n) is 7.21. The van der Waals surface area contributed by atoms with Gasteiger partial charge in [-0.1, -0.05) is 26.8 Å². The van der Waals surface area contributed by atoms with Crippen molar-refractivity contribution in [2.45, 2.75) is 20.8 Å². The lowest BCUT2D eigenvalue weighted by molar-refractivity contribution is -0.123. The van der Waals surface area contributed by atoms with Crippen molar-refractivity contribution in [3.8, 4) is 11.5 Å². The van der Waals surface area contributed by atoms with E-state index in [0.29, 0.717) is 46.1 Å². The molecule has 0 bridgehead atoms.